The summed E-state index contributed by atoms with van der Waals surface area (Å²) in [5, 5.41) is 9.55. The van der Waals surface area contributed by atoms with Crippen LogP contribution in [0.3, 0.4) is 0 Å². The van der Waals surface area contributed by atoms with Crippen molar-refractivity contribution in [1.82, 2.24) is 16.0 Å². The molecule has 0 radical (unpaired) electrons. The summed E-state index contributed by atoms with van der Waals surface area (Å²) in [7, 11) is 0. The van der Waals surface area contributed by atoms with Crippen molar-refractivity contribution >= 4 is 11.9 Å². The Labute approximate surface area is 142 Å². The van der Waals surface area contributed by atoms with E-state index >= 15 is 0 Å². The van der Waals surface area contributed by atoms with Gasteiger partial charge in [0, 0.05) is 32.1 Å². The minimum absolute atomic E-state index is 0.100. The van der Waals surface area contributed by atoms with Crippen molar-refractivity contribution in [3.05, 3.63) is 0 Å². The maximum absolute atomic E-state index is 11.8. The molecular weight excluding hydrogens is 288 g/mol. The lowest BCUT2D eigenvalue weighted by Gasteiger charge is -2.25. The molecule has 1 saturated carbocycles. The van der Waals surface area contributed by atoms with Crippen molar-refractivity contribution in [3.8, 4) is 0 Å². The van der Waals surface area contributed by atoms with Crippen molar-refractivity contribution < 1.29 is 4.79 Å². The van der Waals surface area contributed by atoms with E-state index in [1.807, 2.05) is 6.92 Å². The summed E-state index contributed by atoms with van der Waals surface area (Å²) in [4.78, 5) is 16.6. The van der Waals surface area contributed by atoms with Crippen LogP contribution in [0.1, 0.15) is 72.6 Å². The van der Waals surface area contributed by atoms with Crippen LogP contribution < -0.4 is 16.0 Å². The first-order chi connectivity index (χ1) is 11.0. The molecule has 1 atom stereocenters. The molecule has 1 aliphatic carbocycles. The number of hydrogen-bond donors (Lipinski definition) is 3. The van der Waals surface area contributed by atoms with Crippen LogP contribution in [0.2, 0.25) is 0 Å². The Morgan fingerprint density at radius 1 is 1.17 bits per heavy atom. The summed E-state index contributed by atoms with van der Waals surface area (Å²) in [5.41, 5.74) is 0.399. The smallest absolute Gasteiger partial charge is 0.221 e. The van der Waals surface area contributed by atoms with E-state index in [0.29, 0.717) is 18.4 Å². The number of nitrogens with one attached hydrogen (secondary N) is 3. The first-order valence-electron chi connectivity index (χ1n) is 9.36. The van der Waals surface area contributed by atoms with Gasteiger partial charge < -0.3 is 16.0 Å². The van der Waals surface area contributed by atoms with Crippen LogP contribution in [0.25, 0.3) is 0 Å². The van der Waals surface area contributed by atoms with E-state index in [1.165, 1.54) is 32.1 Å². The Morgan fingerprint density at radius 3 is 2.43 bits per heavy atom. The molecule has 1 amide bonds. The molecule has 1 aliphatic rings. The highest BCUT2D eigenvalue weighted by Crippen LogP contribution is 2.41. The van der Waals surface area contributed by atoms with Crippen molar-refractivity contribution in [2.75, 3.05) is 19.6 Å². The number of hydrogen-bond acceptors (Lipinski definition) is 2. The number of carbonyl (C=O) groups is 1. The van der Waals surface area contributed by atoms with Gasteiger partial charge in [-0.2, -0.15) is 0 Å². The van der Waals surface area contributed by atoms with Crippen LogP contribution >= 0.6 is 0 Å². The predicted molar refractivity (Wildman–Crippen MR) is 97.7 cm³/mol. The molecule has 1 fully saturated rings. The molecule has 0 bridgehead atoms. The summed E-state index contributed by atoms with van der Waals surface area (Å²) >= 11 is 0. The number of rotatable bonds is 9. The molecule has 23 heavy (non-hydrogen) atoms. The fraction of sp³-hybridized carbons (Fsp3) is 0.889. The summed E-state index contributed by atoms with van der Waals surface area (Å²) in [6.45, 7) is 10.8. The molecule has 1 unspecified atom stereocenters. The third-order valence-corrected chi connectivity index (χ3v) is 5.00. The van der Waals surface area contributed by atoms with Gasteiger partial charge in [-0.25, -0.2) is 0 Å². The zero-order valence-electron chi connectivity index (χ0n) is 15.5. The van der Waals surface area contributed by atoms with Crippen LogP contribution in [0.4, 0.5) is 0 Å². The molecular formula is C18H36N4O. The van der Waals surface area contributed by atoms with Gasteiger partial charge in [-0.15, -0.1) is 0 Å². The van der Waals surface area contributed by atoms with Crippen molar-refractivity contribution in [2.45, 2.75) is 78.7 Å². The van der Waals surface area contributed by atoms with Gasteiger partial charge in [0.25, 0.3) is 0 Å². The maximum atomic E-state index is 11.8. The Kier molecular flexibility index (Phi) is 9.03. The van der Waals surface area contributed by atoms with Gasteiger partial charge >= 0.3 is 0 Å². The number of amides is 1. The van der Waals surface area contributed by atoms with Crippen LogP contribution in [-0.2, 0) is 4.79 Å². The SMILES string of the molecule is CCNC(=NCC1(CC)CCCC1)NCCC(=O)NC(C)CC. The monoisotopic (exact) mass is 324 g/mol. The summed E-state index contributed by atoms with van der Waals surface area (Å²) < 4.78 is 0. The minimum Gasteiger partial charge on any atom is -0.357 e. The molecule has 5 nitrogen and oxygen atoms in total. The van der Waals surface area contributed by atoms with Crippen LogP contribution in [0.15, 0.2) is 4.99 Å². The first-order valence-corrected chi connectivity index (χ1v) is 9.36. The van der Waals surface area contributed by atoms with Crippen LogP contribution in [0.5, 0.6) is 0 Å². The van der Waals surface area contributed by atoms with E-state index in [9.17, 15) is 4.79 Å². The molecule has 0 saturated heterocycles. The van der Waals surface area contributed by atoms with E-state index in [2.05, 4.69) is 36.7 Å². The third kappa shape index (κ3) is 7.23. The second-order valence-corrected chi connectivity index (χ2v) is 6.81. The fourth-order valence-corrected chi connectivity index (χ4v) is 3.08. The van der Waals surface area contributed by atoms with Gasteiger partial charge in [0.2, 0.25) is 5.91 Å². The van der Waals surface area contributed by atoms with Crippen molar-refractivity contribution in [1.29, 1.82) is 0 Å². The lowest BCUT2D eigenvalue weighted by Crippen LogP contribution is -2.41. The molecule has 0 aromatic heterocycles. The average molecular weight is 325 g/mol. The maximum Gasteiger partial charge on any atom is 0.221 e. The summed E-state index contributed by atoms with van der Waals surface area (Å²) in [5.74, 6) is 0.937. The Bertz CT molecular complexity index is 375. The van der Waals surface area contributed by atoms with Crippen LogP contribution in [-0.4, -0.2) is 37.5 Å². The largest absolute Gasteiger partial charge is 0.357 e. The first kappa shape index (κ1) is 19.8. The van der Waals surface area contributed by atoms with E-state index in [4.69, 9.17) is 4.99 Å². The summed E-state index contributed by atoms with van der Waals surface area (Å²) in [6, 6.07) is 0.246. The second kappa shape index (κ2) is 10.5. The van der Waals surface area contributed by atoms with E-state index in [0.717, 1.165) is 25.5 Å². The Balaban J connectivity index is 2.42. The zero-order chi connectivity index (χ0) is 17.1. The highest BCUT2D eigenvalue weighted by molar-refractivity contribution is 5.81. The molecule has 0 aliphatic heterocycles. The average Bonchev–Trinajstić information content (AvgIpc) is 3.02. The zero-order valence-corrected chi connectivity index (χ0v) is 15.5. The topological polar surface area (TPSA) is 65.5 Å². The highest BCUT2D eigenvalue weighted by atomic mass is 16.1. The number of aliphatic imine (C=N–C) groups is 1. The van der Waals surface area contributed by atoms with Crippen molar-refractivity contribution in [2.24, 2.45) is 10.4 Å². The van der Waals surface area contributed by atoms with Gasteiger partial charge in [0.1, 0.15) is 0 Å². The third-order valence-electron chi connectivity index (χ3n) is 5.00. The quantitative estimate of drug-likeness (QED) is 0.451. The predicted octanol–water partition coefficient (Wildman–Crippen LogP) is 2.82. The summed E-state index contributed by atoms with van der Waals surface area (Å²) in [6.07, 6.45) is 7.91. The minimum atomic E-state index is 0.100. The van der Waals surface area contributed by atoms with Gasteiger partial charge in [-0.1, -0.05) is 26.7 Å². The molecule has 0 aromatic rings. The van der Waals surface area contributed by atoms with E-state index in [-0.39, 0.29) is 11.9 Å². The van der Waals surface area contributed by atoms with Gasteiger partial charge in [-0.3, -0.25) is 9.79 Å². The van der Waals surface area contributed by atoms with E-state index < -0.39 is 0 Å². The van der Waals surface area contributed by atoms with E-state index in [1.54, 1.807) is 0 Å². The normalized spacial score (nSPS) is 18.5. The fourth-order valence-electron chi connectivity index (χ4n) is 3.08. The lowest BCUT2D eigenvalue weighted by molar-refractivity contribution is -0.121. The molecule has 1 rings (SSSR count). The molecule has 3 N–H and O–H groups in total. The molecule has 0 heterocycles. The number of guanidine groups is 1. The van der Waals surface area contributed by atoms with Gasteiger partial charge in [0.05, 0.1) is 0 Å². The second-order valence-electron chi connectivity index (χ2n) is 6.81. The molecule has 134 valence electrons. The van der Waals surface area contributed by atoms with Crippen LogP contribution in [0, 0.1) is 5.41 Å². The standard InChI is InChI=1S/C18H36N4O/c1-5-15(4)22-16(23)10-13-20-17(19-7-3)21-14-18(6-2)11-8-9-12-18/h15H,5-14H2,1-4H3,(H,22,23)(H2,19,20,21). The highest BCUT2D eigenvalue weighted by Gasteiger charge is 2.31. The molecule has 0 spiro atoms. The molecule has 0 aromatic carbocycles. The number of carbonyl (C=O) groups excluding carboxylic acids is 1. The lowest BCUT2D eigenvalue weighted by atomic mass is 9.84. The van der Waals surface area contributed by atoms with Gasteiger partial charge in [-0.05, 0) is 44.9 Å². The number of nitrogens with zero attached hydrogens (tertiary/aromatic N) is 1. The van der Waals surface area contributed by atoms with Gasteiger partial charge in [0.15, 0.2) is 5.96 Å². The Morgan fingerprint density at radius 2 is 1.87 bits per heavy atom. The molecule has 5 heteroatoms. The van der Waals surface area contributed by atoms with Crippen molar-refractivity contribution in [3.63, 3.8) is 0 Å². The Hall–Kier alpha value is -1.26.